The maximum Gasteiger partial charge on any atom is 0.251 e. The summed E-state index contributed by atoms with van der Waals surface area (Å²) in [5.41, 5.74) is 6.66. The Morgan fingerprint density at radius 3 is 3.00 bits per heavy atom. The third-order valence-electron chi connectivity index (χ3n) is 2.52. The fraction of sp³-hybridized carbons (Fsp3) is 0.364. The van der Waals surface area contributed by atoms with E-state index in [1.165, 1.54) is 0 Å². The van der Waals surface area contributed by atoms with Crippen molar-refractivity contribution in [3.8, 4) is 0 Å². The SMILES string of the molecule is Nc1cc(C(=O)NC2CCSC2)ccc1Cl. The number of benzene rings is 1. The molecule has 16 heavy (non-hydrogen) atoms. The Bertz CT molecular complexity index is 405. The number of thioether (sulfide) groups is 1. The summed E-state index contributed by atoms with van der Waals surface area (Å²) >= 11 is 7.66. The number of nitrogens with two attached hydrogens (primary N) is 1. The lowest BCUT2D eigenvalue weighted by atomic mass is 10.1. The van der Waals surface area contributed by atoms with Gasteiger partial charge >= 0.3 is 0 Å². The summed E-state index contributed by atoms with van der Waals surface area (Å²) in [5.74, 6) is 2.04. The van der Waals surface area contributed by atoms with Crippen LogP contribution in [0.25, 0.3) is 0 Å². The quantitative estimate of drug-likeness (QED) is 0.798. The molecule has 1 heterocycles. The molecule has 1 saturated heterocycles. The number of hydrogen-bond acceptors (Lipinski definition) is 3. The highest BCUT2D eigenvalue weighted by Gasteiger charge is 2.18. The minimum atomic E-state index is -0.0733. The van der Waals surface area contributed by atoms with E-state index in [-0.39, 0.29) is 11.9 Å². The highest BCUT2D eigenvalue weighted by Crippen LogP contribution is 2.21. The van der Waals surface area contributed by atoms with E-state index in [0.29, 0.717) is 16.3 Å². The van der Waals surface area contributed by atoms with Crippen molar-refractivity contribution in [1.29, 1.82) is 0 Å². The first-order chi connectivity index (χ1) is 7.66. The van der Waals surface area contributed by atoms with Gasteiger partial charge in [-0.3, -0.25) is 4.79 Å². The Kier molecular flexibility index (Phi) is 3.61. The standard InChI is InChI=1S/C11H13ClN2OS/c12-9-2-1-7(5-10(9)13)11(15)14-8-3-4-16-6-8/h1-2,5,8H,3-4,6,13H2,(H,14,15). The van der Waals surface area contributed by atoms with Crippen molar-refractivity contribution in [3.63, 3.8) is 0 Å². The topological polar surface area (TPSA) is 55.1 Å². The molecular weight excluding hydrogens is 244 g/mol. The van der Waals surface area contributed by atoms with E-state index in [2.05, 4.69) is 5.32 Å². The molecule has 1 amide bonds. The molecule has 86 valence electrons. The summed E-state index contributed by atoms with van der Waals surface area (Å²) in [7, 11) is 0. The third-order valence-corrected chi connectivity index (χ3v) is 4.03. The largest absolute Gasteiger partial charge is 0.398 e. The zero-order chi connectivity index (χ0) is 11.5. The summed E-state index contributed by atoms with van der Waals surface area (Å²) in [6.07, 6.45) is 1.04. The van der Waals surface area contributed by atoms with E-state index in [9.17, 15) is 4.79 Å². The van der Waals surface area contributed by atoms with E-state index in [1.54, 1.807) is 18.2 Å². The van der Waals surface area contributed by atoms with Crippen LogP contribution in [0.15, 0.2) is 18.2 Å². The lowest BCUT2D eigenvalue weighted by Gasteiger charge is -2.11. The molecule has 1 aromatic rings. The summed E-state index contributed by atoms with van der Waals surface area (Å²) in [4.78, 5) is 11.8. The van der Waals surface area contributed by atoms with E-state index >= 15 is 0 Å². The summed E-state index contributed by atoms with van der Waals surface area (Å²) in [6.45, 7) is 0. The first kappa shape index (κ1) is 11.6. The fourth-order valence-electron chi connectivity index (χ4n) is 1.60. The van der Waals surface area contributed by atoms with Gasteiger partial charge in [0.05, 0.1) is 10.7 Å². The van der Waals surface area contributed by atoms with Gasteiger partial charge in [-0.2, -0.15) is 11.8 Å². The van der Waals surface area contributed by atoms with Crippen LogP contribution in [0.2, 0.25) is 5.02 Å². The van der Waals surface area contributed by atoms with Gasteiger partial charge in [-0.1, -0.05) is 11.6 Å². The Morgan fingerprint density at radius 1 is 1.56 bits per heavy atom. The minimum Gasteiger partial charge on any atom is -0.398 e. The summed E-state index contributed by atoms with van der Waals surface area (Å²) < 4.78 is 0. The van der Waals surface area contributed by atoms with Crippen LogP contribution in [0, 0.1) is 0 Å². The zero-order valence-electron chi connectivity index (χ0n) is 8.70. The molecule has 0 aliphatic carbocycles. The minimum absolute atomic E-state index is 0.0733. The third kappa shape index (κ3) is 2.62. The van der Waals surface area contributed by atoms with Crippen LogP contribution in [-0.4, -0.2) is 23.5 Å². The van der Waals surface area contributed by atoms with Crippen LogP contribution in [0.5, 0.6) is 0 Å². The number of rotatable bonds is 2. The lowest BCUT2D eigenvalue weighted by molar-refractivity contribution is 0.0941. The maximum atomic E-state index is 11.8. The predicted molar refractivity (Wildman–Crippen MR) is 69.1 cm³/mol. The summed E-state index contributed by atoms with van der Waals surface area (Å²) in [5, 5.41) is 3.46. The van der Waals surface area contributed by atoms with Crippen LogP contribution in [0.3, 0.4) is 0 Å². The number of amides is 1. The second-order valence-electron chi connectivity index (χ2n) is 3.77. The number of nitrogens with one attached hydrogen (secondary N) is 1. The molecule has 0 bridgehead atoms. The molecule has 0 radical (unpaired) electrons. The molecule has 1 aromatic carbocycles. The van der Waals surface area contributed by atoms with Gasteiger partial charge in [-0.25, -0.2) is 0 Å². The lowest BCUT2D eigenvalue weighted by Crippen LogP contribution is -2.34. The second kappa shape index (κ2) is 4.97. The molecule has 1 atom stereocenters. The molecule has 0 saturated carbocycles. The number of carbonyl (C=O) groups is 1. The van der Waals surface area contributed by atoms with Gasteiger partial charge in [0.15, 0.2) is 0 Å². The average Bonchev–Trinajstić information content (AvgIpc) is 2.74. The Morgan fingerprint density at radius 2 is 2.38 bits per heavy atom. The molecule has 0 spiro atoms. The van der Waals surface area contributed by atoms with Gasteiger partial charge in [0.2, 0.25) is 0 Å². The van der Waals surface area contributed by atoms with Crippen molar-refractivity contribution in [2.24, 2.45) is 0 Å². The molecule has 1 fully saturated rings. The first-order valence-corrected chi connectivity index (χ1v) is 6.64. The van der Waals surface area contributed by atoms with Gasteiger partial charge in [0.1, 0.15) is 0 Å². The molecule has 3 nitrogen and oxygen atoms in total. The molecule has 1 aliphatic rings. The molecule has 5 heteroatoms. The fourth-order valence-corrected chi connectivity index (χ4v) is 2.87. The van der Waals surface area contributed by atoms with Crippen LogP contribution in [0.4, 0.5) is 5.69 Å². The normalized spacial score (nSPS) is 19.7. The average molecular weight is 257 g/mol. The zero-order valence-corrected chi connectivity index (χ0v) is 10.3. The maximum absolute atomic E-state index is 11.8. The van der Waals surface area contributed by atoms with E-state index < -0.39 is 0 Å². The first-order valence-electron chi connectivity index (χ1n) is 5.10. The smallest absolute Gasteiger partial charge is 0.251 e. The molecular formula is C11H13ClN2OS. The van der Waals surface area contributed by atoms with Gasteiger partial charge < -0.3 is 11.1 Å². The molecule has 3 N–H and O–H groups in total. The number of hydrogen-bond donors (Lipinski definition) is 2. The van der Waals surface area contributed by atoms with E-state index in [4.69, 9.17) is 17.3 Å². The van der Waals surface area contributed by atoms with Gasteiger partial charge in [-0.05, 0) is 30.4 Å². The van der Waals surface area contributed by atoms with Gasteiger partial charge in [0, 0.05) is 17.4 Å². The van der Waals surface area contributed by atoms with Crippen LogP contribution in [0.1, 0.15) is 16.8 Å². The highest BCUT2D eigenvalue weighted by atomic mass is 35.5. The van der Waals surface area contributed by atoms with E-state index in [1.807, 2.05) is 11.8 Å². The molecule has 1 unspecified atom stereocenters. The van der Waals surface area contributed by atoms with Crippen molar-refractivity contribution in [3.05, 3.63) is 28.8 Å². The second-order valence-corrected chi connectivity index (χ2v) is 5.33. The number of halogens is 1. The number of nitrogen functional groups attached to an aromatic ring is 1. The molecule has 1 aliphatic heterocycles. The van der Waals surface area contributed by atoms with Crippen LogP contribution >= 0.6 is 23.4 Å². The van der Waals surface area contributed by atoms with Crippen molar-refractivity contribution >= 4 is 35.0 Å². The number of anilines is 1. The molecule has 0 aromatic heterocycles. The van der Waals surface area contributed by atoms with Gasteiger partial charge in [0.25, 0.3) is 5.91 Å². The van der Waals surface area contributed by atoms with Gasteiger partial charge in [-0.15, -0.1) is 0 Å². The van der Waals surface area contributed by atoms with Crippen LogP contribution in [-0.2, 0) is 0 Å². The summed E-state index contributed by atoms with van der Waals surface area (Å²) in [6, 6.07) is 5.24. The molecule has 2 rings (SSSR count). The van der Waals surface area contributed by atoms with Crippen molar-refractivity contribution in [1.82, 2.24) is 5.32 Å². The van der Waals surface area contributed by atoms with E-state index in [0.717, 1.165) is 17.9 Å². The van der Waals surface area contributed by atoms with Crippen molar-refractivity contribution in [2.75, 3.05) is 17.2 Å². The Labute approximate surface area is 104 Å². The highest BCUT2D eigenvalue weighted by molar-refractivity contribution is 7.99. The van der Waals surface area contributed by atoms with Crippen molar-refractivity contribution < 1.29 is 4.79 Å². The predicted octanol–water partition coefficient (Wildman–Crippen LogP) is 2.16. The number of carbonyl (C=O) groups excluding carboxylic acids is 1. The monoisotopic (exact) mass is 256 g/mol. The van der Waals surface area contributed by atoms with Crippen LogP contribution < -0.4 is 11.1 Å². The van der Waals surface area contributed by atoms with Crippen molar-refractivity contribution in [2.45, 2.75) is 12.5 Å². The Balaban J connectivity index is 2.05. The Hall–Kier alpha value is -0.870.